The predicted octanol–water partition coefficient (Wildman–Crippen LogP) is 2.52. The van der Waals surface area contributed by atoms with Gasteiger partial charge in [0.25, 0.3) is 0 Å². The Balaban J connectivity index is 2.33. The highest BCUT2D eigenvalue weighted by molar-refractivity contribution is 6.32. The topological polar surface area (TPSA) is 41.5 Å². The molecular weight excluding hydrogens is 226 g/mol. The predicted molar refractivity (Wildman–Crippen MR) is 64.5 cm³/mol. The molecule has 0 saturated carbocycles. The van der Waals surface area contributed by atoms with Gasteiger partial charge in [0, 0.05) is 18.0 Å². The minimum atomic E-state index is 0.184. The zero-order chi connectivity index (χ0) is 11.5. The summed E-state index contributed by atoms with van der Waals surface area (Å²) in [6.45, 7) is 1.96. The highest BCUT2D eigenvalue weighted by Crippen LogP contribution is 2.41. The molecule has 1 unspecified atom stereocenters. The summed E-state index contributed by atoms with van der Waals surface area (Å²) >= 11 is 5.94. The molecule has 0 aromatic heterocycles. The Labute approximate surface area is 100 Å². The first-order valence-electron chi connectivity index (χ1n) is 5.50. The summed E-state index contributed by atoms with van der Waals surface area (Å²) in [5.41, 5.74) is 0.924. The van der Waals surface area contributed by atoms with Crippen molar-refractivity contribution in [2.75, 3.05) is 20.2 Å². The number of hydrogen-bond acceptors (Lipinski definition) is 3. The number of ether oxygens (including phenoxy) is 1. The number of aromatic hydroxyl groups is 1. The molecule has 0 amide bonds. The third-order valence-corrected chi connectivity index (χ3v) is 3.35. The number of nitrogens with one attached hydrogen (secondary N) is 1. The van der Waals surface area contributed by atoms with E-state index in [4.69, 9.17) is 16.3 Å². The molecule has 3 nitrogen and oxygen atoms in total. The van der Waals surface area contributed by atoms with Crippen LogP contribution < -0.4 is 10.1 Å². The highest BCUT2D eigenvalue weighted by atomic mass is 35.5. The molecule has 88 valence electrons. The molecule has 0 aliphatic carbocycles. The number of hydrogen-bond donors (Lipinski definition) is 2. The lowest BCUT2D eigenvalue weighted by Gasteiger charge is -2.24. The first-order valence-corrected chi connectivity index (χ1v) is 5.88. The van der Waals surface area contributed by atoms with Crippen LogP contribution in [0.5, 0.6) is 11.5 Å². The monoisotopic (exact) mass is 241 g/mol. The van der Waals surface area contributed by atoms with E-state index in [-0.39, 0.29) is 5.75 Å². The smallest absolute Gasteiger partial charge is 0.179 e. The SMILES string of the molecule is COc1c(Cl)ccc(C2CCCNC2)c1O. The van der Waals surface area contributed by atoms with Crippen molar-refractivity contribution >= 4 is 11.6 Å². The van der Waals surface area contributed by atoms with E-state index in [1.165, 1.54) is 7.11 Å². The zero-order valence-electron chi connectivity index (χ0n) is 9.29. The van der Waals surface area contributed by atoms with Gasteiger partial charge in [-0.25, -0.2) is 0 Å². The third kappa shape index (κ3) is 2.11. The second-order valence-corrected chi connectivity index (χ2v) is 4.47. The fourth-order valence-corrected chi connectivity index (χ4v) is 2.43. The molecule has 1 heterocycles. The van der Waals surface area contributed by atoms with Gasteiger partial charge in [-0.1, -0.05) is 17.7 Å². The van der Waals surface area contributed by atoms with Gasteiger partial charge < -0.3 is 15.2 Å². The lowest BCUT2D eigenvalue weighted by molar-refractivity contribution is 0.363. The Morgan fingerprint density at radius 2 is 2.31 bits per heavy atom. The number of methoxy groups -OCH3 is 1. The zero-order valence-corrected chi connectivity index (χ0v) is 10.0. The lowest BCUT2D eigenvalue weighted by atomic mass is 9.91. The van der Waals surface area contributed by atoms with Gasteiger partial charge in [-0.2, -0.15) is 0 Å². The Bertz CT molecular complexity index is 376. The summed E-state index contributed by atoms with van der Waals surface area (Å²) in [5.74, 6) is 0.911. The Hall–Kier alpha value is -0.930. The highest BCUT2D eigenvalue weighted by Gasteiger charge is 2.21. The maximum Gasteiger partial charge on any atom is 0.179 e. The van der Waals surface area contributed by atoms with Gasteiger partial charge in [-0.3, -0.25) is 0 Å². The second kappa shape index (κ2) is 4.93. The average molecular weight is 242 g/mol. The van der Waals surface area contributed by atoms with Gasteiger partial charge in [0.05, 0.1) is 12.1 Å². The Morgan fingerprint density at radius 1 is 1.50 bits per heavy atom. The molecule has 0 bridgehead atoms. The van der Waals surface area contributed by atoms with E-state index >= 15 is 0 Å². The number of benzene rings is 1. The molecule has 1 aliphatic heterocycles. The average Bonchev–Trinajstić information content (AvgIpc) is 2.31. The van der Waals surface area contributed by atoms with Crippen molar-refractivity contribution in [3.8, 4) is 11.5 Å². The van der Waals surface area contributed by atoms with Gasteiger partial charge in [-0.05, 0) is 25.5 Å². The van der Waals surface area contributed by atoms with E-state index in [0.717, 1.165) is 31.5 Å². The molecule has 1 saturated heterocycles. The van der Waals surface area contributed by atoms with Crippen molar-refractivity contribution in [2.24, 2.45) is 0 Å². The number of phenols is 1. The summed E-state index contributed by atoms with van der Waals surface area (Å²) in [6.07, 6.45) is 2.22. The van der Waals surface area contributed by atoms with Crippen LogP contribution in [0.25, 0.3) is 0 Å². The first kappa shape index (κ1) is 11.6. The van der Waals surface area contributed by atoms with Gasteiger partial charge in [-0.15, -0.1) is 0 Å². The first-order chi connectivity index (χ1) is 7.74. The van der Waals surface area contributed by atoms with E-state index in [2.05, 4.69) is 5.32 Å². The van der Waals surface area contributed by atoms with E-state index in [0.29, 0.717) is 16.7 Å². The van der Waals surface area contributed by atoms with Crippen molar-refractivity contribution in [3.63, 3.8) is 0 Å². The van der Waals surface area contributed by atoms with E-state index in [1.807, 2.05) is 6.07 Å². The van der Waals surface area contributed by atoms with Gasteiger partial charge in [0.1, 0.15) is 0 Å². The third-order valence-electron chi connectivity index (χ3n) is 3.06. The molecule has 0 radical (unpaired) electrons. The van der Waals surface area contributed by atoms with Crippen LogP contribution in [0.2, 0.25) is 5.02 Å². The van der Waals surface area contributed by atoms with E-state index in [1.54, 1.807) is 6.07 Å². The largest absolute Gasteiger partial charge is 0.504 e. The fourth-order valence-electron chi connectivity index (χ4n) is 2.20. The molecule has 1 atom stereocenters. The number of rotatable bonds is 2. The van der Waals surface area contributed by atoms with Crippen LogP contribution in [0, 0.1) is 0 Å². The van der Waals surface area contributed by atoms with Crippen LogP contribution in [0.1, 0.15) is 24.3 Å². The van der Waals surface area contributed by atoms with Crippen LogP contribution in [0.3, 0.4) is 0 Å². The molecule has 2 N–H and O–H groups in total. The minimum absolute atomic E-state index is 0.184. The second-order valence-electron chi connectivity index (χ2n) is 4.06. The number of phenolic OH excluding ortho intramolecular Hbond substituents is 1. The van der Waals surface area contributed by atoms with Crippen LogP contribution in [0.15, 0.2) is 12.1 Å². The number of halogens is 1. The summed E-state index contributed by atoms with van der Waals surface area (Å²) in [7, 11) is 1.52. The Morgan fingerprint density at radius 3 is 2.94 bits per heavy atom. The molecule has 0 spiro atoms. The molecular formula is C12H16ClNO2. The van der Waals surface area contributed by atoms with Crippen LogP contribution in [-0.4, -0.2) is 25.3 Å². The summed E-state index contributed by atoms with van der Waals surface area (Å²) in [6, 6.07) is 3.67. The molecule has 2 rings (SSSR count). The molecule has 1 fully saturated rings. The van der Waals surface area contributed by atoms with Crippen molar-refractivity contribution < 1.29 is 9.84 Å². The molecule has 4 heteroatoms. The summed E-state index contributed by atoms with van der Waals surface area (Å²) < 4.78 is 5.10. The van der Waals surface area contributed by atoms with Gasteiger partial charge in [0.15, 0.2) is 11.5 Å². The molecule has 1 aromatic rings. The molecule has 16 heavy (non-hydrogen) atoms. The maximum atomic E-state index is 10.1. The van der Waals surface area contributed by atoms with Gasteiger partial charge in [0.2, 0.25) is 0 Å². The lowest BCUT2D eigenvalue weighted by Crippen LogP contribution is -2.28. The van der Waals surface area contributed by atoms with E-state index in [9.17, 15) is 5.11 Å². The quantitative estimate of drug-likeness (QED) is 0.836. The molecule has 1 aromatic carbocycles. The normalized spacial score (nSPS) is 20.8. The van der Waals surface area contributed by atoms with Crippen molar-refractivity contribution in [1.82, 2.24) is 5.32 Å². The number of piperidine rings is 1. The van der Waals surface area contributed by atoms with Crippen molar-refractivity contribution in [1.29, 1.82) is 0 Å². The molecule has 1 aliphatic rings. The standard InChI is InChI=1S/C12H16ClNO2/c1-16-12-10(13)5-4-9(11(12)15)8-3-2-6-14-7-8/h4-5,8,14-15H,2-3,6-7H2,1H3. The Kier molecular flexibility index (Phi) is 3.56. The fraction of sp³-hybridized carbons (Fsp3) is 0.500. The van der Waals surface area contributed by atoms with Gasteiger partial charge >= 0.3 is 0 Å². The van der Waals surface area contributed by atoms with Crippen LogP contribution in [0.4, 0.5) is 0 Å². The summed E-state index contributed by atoms with van der Waals surface area (Å²) in [5, 5.41) is 13.9. The van der Waals surface area contributed by atoms with Crippen molar-refractivity contribution in [2.45, 2.75) is 18.8 Å². The van der Waals surface area contributed by atoms with Crippen LogP contribution >= 0.6 is 11.6 Å². The van der Waals surface area contributed by atoms with E-state index < -0.39 is 0 Å². The maximum absolute atomic E-state index is 10.1. The van der Waals surface area contributed by atoms with Crippen molar-refractivity contribution in [3.05, 3.63) is 22.7 Å². The summed E-state index contributed by atoms with van der Waals surface area (Å²) in [4.78, 5) is 0. The van der Waals surface area contributed by atoms with Crippen LogP contribution in [-0.2, 0) is 0 Å². The minimum Gasteiger partial charge on any atom is -0.504 e.